The third-order valence-electron chi connectivity index (χ3n) is 4.56. The lowest BCUT2D eigenvalue weighted by Gasteiger charge is -2.15. The van der Waals surface area contributed by atoms with Gasteiger partial charge in [-0.15, -0.1) is 0 Å². The zero-order chi connectivity index (χ0) is 18.7. The van der Waals surface area contributed by atoms with Gasteiger partial charge in [-0.25, -0.2) is 4.79 Å². The molecule has 2 aromatic carbocycles. The Morgan fingerprint density at radius 3 is 2.31 bits per heavy atom. The van der Waals surface area contributed by atoms with Crippen LogP contribution in [0.1, 0.15) is 31.7 Å². The number of hydrogen-bond acceptors (Lipinski definition) is 4. The molecular formula is C19H22N2O4S. The fraction of sp³-hybridized carbons (Fsp3) is 0.316. The second-order valence-corrected chi connectivity index (χ2v) is 7.84. The fourth-order valence-electron chi connectivity index (χ4n) is 2.77. The van der Waals surface area contributed by atoms with E-state index in [4.69, 9.17) is 4.18 Å². The Morgan fingerprint density at radius 2 is 1.77 bits per heavy atom. The molecule has 1 aliphatic heterocycles. The number of rotatable bonds is 6. The first kappa shape index (κ1) is 18.3. The maximum atomic E-state index is 12.5. The molecule has 0 radical (unpaired) electrons. The number of nitrogens with zero attached hydrogens (tertiary/aromatic N) is 1. The van der Waals surface area contributed by atoms with Crippen LogP contribution in [0.4, 0.5) is 10.5 Å². The van der Waals surface area contributed by atoms with Gasteiger partial charge in [0, 0.05) is 18.8 Å². The Balaban J connectivity index is 1.74. The summed E-state index contributed by atoms with van der Waals surface area (Å²) < 4.78 is 30.1. The largest absolute Gasteiger partial charge is 0.379 e. The maximum Gasteiger partial charge on any atom is 0.339 e. The Labute approximate surface area is 153 Å². The summed E-state index contributed by atoms with van der Waals surface area (Å²) in [6.45, 7) is 5.36. The summed E-state index contributed by atoms with van der Waals surface area (Å²) in [7, 11) is -3.92. The first-order valence-electron chi connectivity index (χ1n) is 8.60. The molecular weight excluding hydrogens is 352 g/mol. The van der Waals surface area contributed by atoms with E-state index in [1.54, 1.807) is 29.2 Å². The number of benzene rings is 2. The Morgan fingerprint density at radius 1 is 1.12 bits per heavy atom. The van der Waals surface area contributed by atoms with Crippen molar-refractivity contribution in [3.63, 3.8) is 0 Å². The summed E-state index contributed by atoms with van der Waals surface area (Å²) in [4.78, 5) is 13.3. The Bertz CT molecular complexity index is 877. The second kappa shape index (κ2) is 7.37. The highest BCUT2D eigenvalue weighted by Gasteiger charge is 2.22. The van der Waals surface area contributed by atoms with E-state index in [9.17, 15) is 13.2 Å². The van der Waals surface area contributed by atoms with Crippen molar-refractivity contribution in [1.29, 1.82) is 0 Å². The van der Waals surface area contributed by atoms with Crippen molar-refractivity contribution in [2.24, 2.45) is 0 Å². The van der Waals surface area contributed by atoms with Gasteiger partial charge in [-0.05, 0) is 54.3 Å². The van der Waals surface area contributed by atoms with Gasteiger partial charge in [0.15, 0.2) is 0 Å². The highest BCUT2D eigenvalue weighted by atomic mass is 32.2. The normalized spacial score (nSPS) is 15.6. The predicted molar refractivity (Wildman–Crippen MR) is 100 cm³/mol. The predicted octanol–water partition coefficient (Wildman–Crippen LogP) is 3.50. The molecule has 1 aliphatic rings. The lowest BCUT2D eigenvalue weighted by atomic mass is 9.99. The lowest BCUT2D eigenvalue weighted by Crippen LogP contribution is -2.27. The van der Waals surface area contributed by atoms with Crippen molar-refractivity contribution < 1.29 is 17.4 Å². The van der Waals surface area contributed by atoms with E-state index < -0.39 is 10.1 Å². The summed E-state index contributed by atoms with van der Waals surface area (Å²) in [5, 5.41) is 2.71. The van der Waals surface area contributed by atoms with Gasteiger partial charge < -0.3 is 9.50 Å². The number of amides is 2. The molecule has 1 atom stereocenters. The van der Waals surface area contributed by atoms with E-state index in [0.29, 0.717) is 24.7 Å². The van der Waals surface area contributed by atoms with Crippen molar-refractivity contribution in [3.05, 3.63) is 54.1 Å². The van der Waals surface area contributed by atoms with Gasteiger partial charge >= 0.3 is 16.1 Å². The number of urea groups is 1. The molecule has 6 nitrogen and oxygen atoms in total. The Hall–Kier alpha value is -2.54. The van der Waals surface area contributed by atoms with Gasteiger partial charge in [0.25, 0.3) is 0 Å². The van der Waals surface area contributed by atoms with Crippen LogP contribution in [0, 0.1) is 0 Å². The van der Waals surface area contributed by atoms with E-state index in [2.05, 4.69) is 19.2 Å². The number of hydrogen-bond donors (Lipinski definition) is 1. The first-order chi connectivity index (χ1) is 12.4. The molecule has 2 amide bonds. The van der Waals surface area contributed by atoms with Crippen molar-refractivity contribution in [3.8, 4) is 5.75 Å². The zero-order valence-electron chi connectivity index (χ0n) is 14.8. The molecule has 138 valence electrons. The number of nitrogens with one attached hydrogen (secondary N) is 1. The third-order valence-corrected chi connectivity index (χ3v) is 5.82. The topological polar surface area (TPSA) is 75.7 Å². The second-order valence-electron chi connectivity index (χ2n) is 6.29. The van der Waals surface area contributed by atoms with Crippen LogP contribution in [0.25, 0.3) is 0 Å². The average Bonchev–Trinajstić information content (AvgIpc) is 3.07. The quantitative estimate of drug-likeness (QED) is 0.785. The molecule has 0 bridgehead atoms. The number of anilines is 1. The number of carbonyl (C=O) groups excluding carboxylic acids is 1. The molecule has 3 rings (SSSR count). The van der Waals surface area contributed by atoms with E-state index >= 15 is 0 Å². The minimum atomic E-state index is -3.92. The maximum absolute atomic E-state index is 12.5. The SMILES string of the molecule is CCC(C)c1ccc(OS(=O)(=O)c2ccc(N3CCNC3=O)cc2)cc1. The first-order valence-corrected chi connectivity index (χ1v) is 10.0. The molecule has 1 unspecified atom stereocenters. The molecule has 26 heavy (non-hydrogen) atoms. The molecule has 1 N–H and O–H groups in total. The van der Waals surface area contributed by atoms with Crippen molar-refractivity contribution in [1.82, 2.24) is 5.32 Å². The van der Waals surface area contributed by atoms with E-state index in [1.165, 1.54) is 12.1 Å². The summed E-state index contributed by atoms with van der Waals surface area (Å²) in [5.74, 6) is 0.691. The van der Waals surface area contributed by atoms with E-state index in [1.807, 2.05) is 12.1 Å². The molecule has 0 aromatic heterocycles. The molecule has 1 saturated heterocycles. The lowest BCUT2D eigenvalue weighted by molar-refractivity contribution is 0.252. The summed E-state index contributed by atoms with van der Waals surface area (Å²) >= 11 is 0. The fourth-order valence-corrected chi connectivity index (χ4v) is 3.70. The molecule has 2 aromatic rings. The molecule has 7 heteroatoms. The summed E-state index contributed by atoms with van der Waals surface area (Å²) in [6.07, 6.45) is 1.01. The molecule has 0 aliphatic carbocycles. The molecule has 1 fully saturated rings. The minimum absolute atomic E-state index is 0.0480. The average molecular weight is 374 g/mol. The van der Waals surface area contributed by atoms with Crippen molar-refractivity contribution in [2.45, 2.75) is 31.1 Å². The van der Waals surface area contributed by atoms with Crippen molar-refractivity contribution >= 4 is 21.8 Å². The van der Waals surface area contributed by atoms with Gasteiger partial charge in [-0.1, -0.05) is 26.0 Å². The van der Waals surface area contributed by atoms with Crippen LogP contribution < -0.4 is 14.4 Å². The van der Waals surface area contributed by atoms with Gasteiger partial charge in [0.05, 0.1) is 0 Å². The van der Waals surface area contributed by atoms with Crippen LogP contribution in [-0.2, 0) is 10.1 Å². The van der Waals surface area contributed by atoms with Crippen molar-refractivity contribution in [2.75, 3.05) is 18.0 Å². The smallest absolute Gasteiger partial charge is 0.339 e. The highest BCUT2D eigenvalue weighted by Crippen LogP contribution is 2.25. The van der Waals surface area contributed by atoms with Crippen LogP contribution in [0.3, 0.4) is 0 Å². The van der Waals surface area contributed by atoms with E-state index in [-0.39, 0.29) is 16.7 Å². The monoisotopic (exact) mass is 374 g/mol. The molecule has 0 spiro atoms. The van der Waals surface area contributed by atoms with Crippen LogP contribution in [-0.4, -0.2) is 27.5 Å². The minimum Gasteiger partial charge on any atom is -0.379 e. The van der Waals surface area contributed by atoms with Gasteiger partial charge in [-0.2, -0.15) is 8.42 Å². The van der Waals surface area contributed by atoms with Crippen LogP contribution in [0.15, 0.2) is 53.4 Å². The molecule has 0 saturated carbocycles. The van der Waals surface area contributed by atoms with Crippen LogP contribution >= 0.6 is 0 Å². The van der Waals surface area contributed by atoms with E-state index in [0.717, 1.165) is 12.0 Å². The highest BCUT2D eigenvalue weighted by molar-refractivity contribution is 7.87. The standard InChI is InChI=1S/C19H22N2O4S/c1-3-14(2)15-4-8-17(9-5-15)25-26(23,24)18-10-6-16(7-11-18)21-13-12-20-19(21)22/h4-11,14H,3,12-13H2,1-2H3,(H,20,22). The number of carbonyl (C=O) groups is 1. The Kier molecular flexibility index (Phi) is 5.18. The summed E-state index contributed by atoms with van der Waals surface area (Å²) in [5.41, 5.74) is 1.79. The van der Waals surface area contributed by atoms with Gasteiger partial charge in [0.1, 0.15) is 10.6 Å². The zero-order valence-corrected chi connectivity index (χ0v) is 15.6. The van der Waals surface area contributed by atoms with Crippen LogP contribution in [0.5, 0.6) is 5.75 Å². The third kappa shape index (κ3) is 3.83. The van der Waals surface area contributed by atoms with Gasteiger partial charge in [0.2, 0.25) is 0 Å². The molecule has 1 heterocycles. The summed E-state index contributed by atoms with van der Waals surface area (Å²) in [6, 6.07) is 13.0. The van der Waals surface area contributed by atoms with Gasteiger partial charge in [-0.3, -0.25) is 4.90 Å². The van der Waals surface area contributed by atoms with Crippen LogP contribution in [0.2, 0.25) is 0 Å².